The summed E-state index contributed by atoms with van der Waals surface area (Å²) in [5, 5.41) is 8.53. The molecule has 0 aliphatic carbocycles. The van der Waals surface area contributed by atoms with Gasteiger partial charge in [0.25, 0.3) is 0 Å². The van der Waals surface area contributed by atoms with E-state index in [2.05, 4.69) is 31.2 Å². The topological polar surface area (TPSA) is 37.3 Å². The third-order valence-corrected chi connectivity index (χ3v) is 3.47. The van der Waals surface area contributed by atoms with Crippen molar-refractivity contribution in [1.29, 1.82) is 0 Å². The molecule has 1 aromatic rings. The normalized spacial score (nSPS) is 10.3. The van der Waals surface area contributed by atoms with Gasteiger partial charge in [0.2, 0.25) is 0 Å². The average Bonchev–Trinajstić information content (AvgIpc) is 2.27. The van der Waals surface area contributed by atoms with Crippen molar-refractivity contribution in [3.63, 3.8) is 0 Å². The molecule has 3 heteroatoms. The summed E-state index contributed by atoms with van der Waals surface area (Å²) in [7, 11) is 0. The first kappa shape index (κ1) is 13.1. The Kier molecular flexibility index (Phi) is 6.01. The van der Waals surface area contributed by atoms with Crippen molar-refractivity contribution in [2.24, 2.45) is 0 Å². The molecular weight excluding hydrogens is 220 g/mol. The van der Waals surface area contributed by atoms with Gasteiger partial charge in [-0.15, -0.1) is 11.8 Å². The van der Waals surface area contributed by atoms with Crippen molar-refractivity contribution in [2.45, 2.75) is 37.5 Å². The van der Waals surface area contributed by atoms with Crippen LogP contribution in [0.2, 0.25) is 0 Å². The first-order chi connectivity index (χ1) is 7.72. The highest BCUT2D eigenvalue weighted by Crippen LogP contribution is 2.19. The second-order valence-electron chi connectivity index (χ2n) is 3.74. The second kappa shape index (κ2) is 7.34. The fourth-order valence-corrected chi connectivity index (χ4v) is 2.18. The lowest BCUT2D eigenvalue weighted by atomic mass is 10.1. The Morgan fingerprint density at radius 1 is 1.31 bits per heavy atom. The zero-order chi connectivity index (χ0) is 11.8. The molecule has 16 heavy (non-hydrogen) atoms. The van der Waals surface area contributed by atoms with Crippen LogP contribution in [0.25, 0.3) is 0 Å². The minimum atomic E-state index is -0.713. The SMILES string of the molecule is CCCSc1ccc(CCCC(=O)O)cc1. The van der Waals surface area contributed by atoms with Crippen LogP contribution in [0.5, 0.6) is 0 Å². The molecule has 1 N–H and O–H groups in total. The van der Waals surface area contributed by atoms with Crippen molar-refractivity contribution in [3.05, 3.63) is 29.8 Å². The maximum atomic E-state index is 10.4. The number of hydrogen-bond donors (Lipinski definition) is 1. The number of carbonyl (C=O) groups is 1. The van der Waals surface area contributed by atoms with Crippen LogP contribution in [0.4, 0.5) is 0 Å². The molecule has 0 atom stereocenters. The predicted molar refractivity (Wildman–Crippen MR) is 68.0 cm³/mol. The summed E-state index contributed by atoms with van der Waals surface area (Å²) in [6.07, 6.45) is 3.01. The monoisotopic (exact) mass is 238 g/mol. The third kappa shape index (κ3) is 5.21. The van der Waals surface area contributed by atoms with Crippen molar-refractivity contribution >= 4 is 17.7 Å². The molecule has 0 spiro atoms. The number of rotatable bonds is 7. The Hall–Kier alpha value is -0.960. The van der Waals surface area contributed by atoms with Gasteiger partial charge in [0.05, 0.1) is 0 Å². The molecule has 0 fully saturated rings. The van der Waals surface area contributed by atoms with E-state index in [0.717, 1.165) is 18.6 Å². The molecule has 0 unspecified atom stereocenters. The molecule has 1 aromatic carbocycles. The van der Waals surface area contributed by atoms with Gasteiger partial charge in [0.1, 0.15) is 0 Å². The van der Waals surface area contributed by atoms with Gasteiger partial charge in [0, 0.05) is 11.3 Å². The van der Waals surface area contributed by atoms with Crippen LogP contribution in [0, 0.1) is 0 Å². The summed E-state index contributed by atoms with van der Waals surface area (Å²) in [6.45, 7) is 2.17. The van der Waals surface area contributed by atoms with E-state index in [0.29, 0.717) is 0 Å². The van der Waals surface area contributed by atoms with E-state index in [4.69, 9.17) is 5.11 Å². The van der Waals surface area contributed by atoms with E-state index < -0.39 is 5.97 Å². The molecule has 88 valence electrons. The van der Waals surface area contributed by atoms with Crippen molar-refractivity contribution in [3.8, 4) is 0 Å². The number of aryl methyl sites for hydroxylation is 1. The molecule has 0 aliphatic rings. The fourth-order valence-electron chi connectivity index (χ4n) is 1.42. The van der Waals surface area contributed by atoms with Gasteiger partial charge in [-0.1, -0.05) is 19.1 Å². The van der Waals surface area contributed by atoms with Crippen LogP contribution in [-0.2, 0) is 11.2 Å². The first-order valence-corrected chi connectivity index (χ1v) is 6.64. The molecule has 2 nitrogen and oxygen atoms in total. The highest BCUT2D eigenvalue weighted by atomic mass is 32.2. The van der Waals surface area contributed by atoms with Crippen LogP contribution in [0.1, 0.15) is 31.7 Å². The molecule has 0 saturated carbocycles. The van der Waals surface area contributed by atoms with Gasteiger partial charge >= 0.3 is 5.97 Å². The molecule has 0 aliphatic heterocycles. The number of aliphatic carboxylic acids is 1. The third-order valence-electron chi connectivity index (χ3n) is 2.25. The van der Waals surface area contributed by atoms with Crippen LogP contribution < -0.4 is 0 Å². The quantitative estimate of drug-likeness (QED) is 0.737. The average molecular weight is 238 g/mol. The number of hydrogen-bond acceptors (Lipinski definition) is 2. The van der Waals surface area contributed by atoms with Crippen molar-refractivity contribution < 1.29 is 9.90 Å². The summed E-state index contributed by atoms with van der Waals surface area (Å²) in [5.41, 5.74) is 1.22. The highest BCUT2D eigenvalue weighted by Gasteiger charge is 1.99. The van der Waals surface area contributed by atoms with E-state index in [9.17, 15) is 4.79 Å². The molecule has 0 aromatic heterocycles. The van der Waals surface area contributed by atoms with Gasteiger partial charge < -0.3 is 5.11 Å². The molecule has 0 heterocycles. The van der Waals surface area contributed by atoms with E-state index in [-0.39, 0.29) is 6.42 Å². The van der Waals surface area contributed by atoms with E-state index in [1.54, 1.807) is 0 Å². The van der Waals surface area contributed by atoms with Crippen molar-refractivity contribution in [1.82, 2.24) is 0 Å². The first-order valence-electron chi connectivity index (χ1n) is 5.66. The zero-order valence-electron chi connectivity index (χ0n) is 9.61. The molecular formula is C13H18O2S. The number of carboxylic acid groups (broad SMARTS) is 1. The molecule has 0 amide bonds. The molecule has 0 saturated heterocycles. The van der Waals surface area contributed by atoms with Crippen molar-refractivity contribution in [2.75, 3.05) is 5.75 Å². The maximum absolute atomic E-state index is 10.4. The highest BCUT2D eigenvalue weighted by molar-refractivity contribution is 7.99. The summed E-state index contributed by atoms with van der Waals surface area (Å²) < 4.78 is 0. The van der Waals surface area contributed by atoms with Crippen LogP contribution in [-0.4, -0.2) is 16.8 Å². The number of benzene rings is 1. The predicted octanol–water partition coefficient (Wildman–Crippen LogP) is 3.60. The van der Waals surface area contributed by atoms with E-state index in [1.807, 2.05) is 11.8 Å². The van der Waals surface area contributed by atoms with E-state index in [1.165, 1.54) is 16.9 Å². The molecule has 0 bridgehead atoms. The Labute approximate surface area is 101 Å². The standard InChI is InChI=1S/C13H18O2S/c1-2-10-16-12-8-6-11(7-9-12)4-3-5-13(14)15/h6-9H,2-5,10H2,1H3,(H,14,15). The number of thioether (sulfide) groups is 1. The lowest BCUT2D eigenvalue weighted by molar-refractivity contribution is -0.137. The minimum absolute atomic E-state index is 0.256. The summed E-state index contributed by atoms with van der Waals surface area (Å²) in [6, 6.07) is 8.44. The lowest BCUT2D eigenvalue weighted by Gasteiger charge is -2.02. The summed E-state index contributed by atoms with van der Waals surface area (Å²) in [4.78, 5) is 11.7. The fraction of sp³-hybridized carbons (Fsp3) is 0.462. The Morgan fingerprint density at radius 3 is 2.56 bits per heavy atom. The summed E-state index contributed by atoms with van der Waals surface area (Å²) in [5.74, 6) is 0.438. The van der Waals surface area contributed by atoms with Gasteiger partial charge in [0.15, 0.2) is 0 Å². The van der Waals surface area contributed by atoms with Crippen LogP contribution >= 0.6 is 11.8 Å². The van der Waals surface area contributed by atoms with Gasteiger partial charge in [-0.2, -0.15) is 0 Å². The largest absolute Gasteiger partial charge is 0.481 e. The zero-order valence-corrected chi connectivity index (χ0v) is 10.4. The van der Waals surface area contributed by atoms with Gasteiger partial charge in [-0.3, -0.25) is 4.79 Å². The Bertz CT molecular complexity index is 319. The van der Waals surface area contributed by atoms with Gasteiger partial charge in [-0.05, 0) is 42.7 Å². The van der Waals surface area contributed by atoms with Crippen LogP contribution in [0.3, 0.4) is 0 Å². The maximum Gasteiger partial charge on any atom is 0.303 e. The second-order valence-corrected chi connectivity index (χ2v) is 4.91. The van der Waals surface area contributed by atoms with Gasteiger partial charge in [-0.25, -0.2) is 0 Å². The Balaban J connectivity index is 2.36. The van der Waals surface area contributed by atoms with E-state index >= 15 is 0 Å². The number of carboxylic acids is 1. The summed E-state index contributed by atoms with van der Waals surface area (Å²) >= 11 is 1.86. The Morgan fingerprint density at radius 2 is 2.00 bits per heavy atom. The minimum Gasteiger partial charge on any atom is -0.481 e. The molecule has 0 radical (unpaired) electrons. The smallest absolute Gasteiger partial charge is 0.303 e. The molecule has 1 rings (SSSR count). The van der Waals surface area contributed by atoms with Crippen LogP contribution in [0.15, 0.2) is 29.2 Å². The lowest BCUT2D eigenvalue weighted by Crippen LogP contribution is -1.95.